The number of nitrogens with zero attached hydrogens (tertiary/aromatic N) is 1. The quantitative estimate of drug-likeness (QED) is 0.919. The first-order valence-corrected chi connectivity index (χ1v) is 7.35. The molecule has 2 aromatic carbocycles. The molecule has 3 nitrogen and oxygen atoms in total. The Morgan fingerprint density at radius 3 is 2.71 bits per heavy atom. The van der Waals surface area contributed by atoms with Gasteiger partial charge in [0, 0.05) is 24.0 Å². The molecule has 0 spiro atoms. The van der Waals surface area contributed by atoms with Gasteiger partial charge >= 0.3 is 0 Å². The van der Waals surface area contributed by atoms with E-state index >= 15 is 0 Å². The Balaban J connectivity index is 1.77. The van der Waals surface area contributed by atoms with Crippen molar-refractivity contribution >= 4 is 17.5 Å². The second-order valence-electron chi connectivity index (χ2n) is 5.31. The number of phenols is 1. The highest BCUT2D eigenvalue weighted by Gasteiger charge is 2.29. The topological polar surface area (TPSA) is 40.5 Å². The Labute approximate surface area is 128 Å². The van der Waals surface area contributed by atoms with Gasteiger partial charge in [0.05, 0.1) is 5.56 Å². The Bertz CT molecular complexity index is 657. The maximum Gasteiger partial charge on any atom is 0.257 e. The number of phenolic OH excluding ortho intramolecular Hbond substituents is 1. The van der Waals surface area contributed by atoms with Crippen LogP contribution in [-0.2, 0) is 0 Å². The first kappa shape index (κ1) is 14.0. The van der Waals surface area contributed by atoms with Crippen LogP contribution in [0.25, 0.3) is 0 Å². The standard InChI is InChI=1S/C17H16ClNO2/c18-14-6-7-16(20)15(10-14)17(21)19-9-8-13(11-19)12-4-2-1-3-5-12/h1-7,10,13,20H,8-9,11H2. The van der Waals surface area contributed by atoms with Crippen LogP contribution in [0.3, 0.4) is 0 Å². The zero-order valence-corrected chi connectivity index (χ0v) is 12.3. The highest BCUT2D eigenvalue weighted by Crippen LogP contribution is 2.30. The minimum absolute atomic E-state index is 0.0208. The smallest absolute Gasteiger partial charge is 0.257 e. The summed E-state index contributed by atoms with van der Waals surface area (Å²) in [7, 11) is 0. The molecule has 0 radical (unpaired) electrons. The summed E-state index contributed by atoms with van der Waals surface area (Å²) in [5.41, 5.74) is 1.53. The summed E-state index contributed by atoms with van der Waals surface area (Å²) in [6, 6.07) is 14.8. The van der Waals surface area contributed by atoms with Gasteiger partial charge in [-0.2, -0.15) is 0 Å². The monoisotopic (exact) mass is 301 g/mol. The molecule has 0 aromatic heterocycles. The molecule has 1 heterocycles. The molecule has 108 valence electrons. The van der Waals surface area contributed by atoms with Crippen molar-refractivity contribution in [3.8, 4) is 5.75 Å². The average Bonchev–Trinajstić information content (AvgIpc) is 3.00. The van der Waals surface area contributed by atoms with Gasteiger partial charge in [-0.3, -0.25) is 4.79 Å². The second-order valence-corrected chi connectivity index (χ2v) is 5.75. The molecule has 1 N–H and O–H groups in total. The van der Waals surface area contributed by atoms with Crippen molar-refractivity contribution in [1.29, 1.82) is 0 Å². The number of aromatic hydroxyl groups is 1. The summed E-state index contributed by atoms with van der Waals surface area (Å²) in [5, 5.41) is 10.3. The van der Waals surface area contributed by atoms with Gasteiger partial charge in [0.2, 0.25) is 0 Å². The van der Waals surface area contributed by atoms with Crippen LogP contribution in [0.1, 0.15) is 28.3 Å². The van der Waals surface area contributed by atoms with Gasteiger partial charge in [-0.25, -0.2) is 0 Å². The fourth-order valence-corrected chi connectivity index (χ4v) is 2.96. The van der Waals surface area contributed by atoms with Crippen LogP contribution in [0.15, 0.2) is 48.5 Å². The molecule has 1 amide bonds. The van der Waals surface area contributed by atoms with E-state index < -0.39 is 0 Å². The van der Waals surface area contributed by atoms with E-state index in [1.165, 1.54) is 17.7 Å². The zero-order valence-electron chi connectivity index (χ0n) is 11.5. The van der Waals surface area contributed by atoms with Crippen molar-refractivity contribution < 1.29 is 9.90 Å². The molecule has 21 heavy (non-hydrogen) atoms. The van der Waals surface area contributed by atoms with E-state index in [4.69, 9.17) is 11.6 Å². The molecular weight excluding hydrogens is 286 g/mol. The predicted octanol–water partition coefficient (Wildman–Crippen LogP) is 3.68. The highest BCUT2D eigenvalue weighted by molar-refractivity contribution is 6.31. The van der Waals surface area contributed by atoms with Crippen LogP contribution in [0.2, 0.25) is 5.02 Å². The fourth-order valence-electron chi connectivity index (χ4n) is 2.79. The lowest BCUT2D eigenvalue weighted by Gasteiger charge is -2.17. The van der Waals surface area contributed by atoms with Gasteiger partial charge in [0.1, 0.15) is 5.75 Å². The van der Waals surface area contributed by atoms with Crippen LogP contribution in [-0.4, -0.2) is 29.0 Å². The number of amides is 1. The molecule has 3 rings (SSSR count). The number of halogens is 1. The third-order valence-electron chi connectivity index (χ3n) is 3.94. The van der Waals surface area contributed by atoms with Crippen LogP contribution in [0.5, 0.6) is 5.75 Å². The summed E-state index contributed by atoms with van der Waals surface area (Å²) in [6.45, 7) is 1.37. The Hall–Kier alpha value is -2.00. The number of hydrogen-bond acceptors (Lipinski definition) is 2. The van der Waals surface area contributed by atoms with Crippen molar-refractivity contribution in [1.82, 2.24) is 4.90 Å². The largest absolute Gasteiger partial charge is 0.507 e. The van der Waals surface area contributed by atoms with Gasteiger partial charge in [0.25, 0.3) is 5.91 Å². The van der Waals surface area contributed by atoms with Crippen molar-refractivity contribution in [2.75, 3.05) is 13.1 Å². The number of carbonyl (C=O) groups excluding carboxylic acids is 1. The number of hydrogen-bond donors (Lipinski definition) is 1. The fraction of sp³-hybridized carbons (Fsp3) is 0.235. The summed E-state index contributed by atoms with van der Waals surface area (Å²) in [4.78, 5) is 14.3. The Kier molecular flexibility index (Phi) is 3.84. The first-order valence-electron chi connectivity index (χ1n) is 6.98. The molecular formula is C17H16ClNO2. The highest BCUT2D eigenvalue weighted by atomic mass is 35.5. The van der Waals surface area contributed by atoms with Crippen LogP contribution in [0.4, 0.5) is 0 Å². The van der Waals surface area contributed by atoms with Gasteiger partial charge in [-0.1, -0.05) is 41.9 Å². The molecule has 1 aliphatic rings. The van der Waals surface area contributed by atoms with Crippen LogP contribution >= 0.6 is 11.6 Å². The van der Waals surface area contributed by atoms with Gasteiger partial charge in [-0.15, -0.1) is 0 Å². The molecule has 0 saturated carbocycles. The van der Waals surface area contributed by atoms with E-state index in [0.29, 0.717) is 24.0 Å². The maximum absolute atomic E-state index is 12.5. The summed E-state index contributed by atoms with van der Waals surface area (Å²) in [6.07, 6.45) is 0.942. The molecule has 1 aliphatic heterocycles. The normalized spacial score (nSPS) is 18.0. The third kappa shape index (κ3) is 2.88. The molecule has 1 fully saturated rings. The molecule has 0 bridgehead atoms. The predicted molar refractivity (Wildman–Crippen MR) is 82.8 cm³/mol. The number of rotatable bonds is 2. The molecule has 1 unspecified atom stereocenters. The SMILES string of the molecule is O=C(c1cc(Cl)ccc1O)N1CCC(c2ccccc2)C1. The maximum atomic E-state index is 12.5. The second kappa shape index (κ2) is 5.78. The van der Waals surface area contributed by atoms with Gasteiger partial charge in [0.15, 0.2) is 0 Å². The van der Waals surface area contributed by atoms with E-state index in [-0.39, 0.29) is 17.2 Å². The molecule has 4 heteroatoms. The zero-order chi connectivity index (χ0) is 14.8. The lowest BCUT2D eigenvalue weighted by molar-refractivity contribution is 0.0788. The van der Waals surface area contributed by atoms with Crippen molar-refractivity contribution in [3.63, 3.8) is 0 Å². The molecule has 2 aromatic rings. The molecule has 1 atom stereocenters. The minimum Gasteiger partial charge on any atom is -0.507 e. The van der Waals surface area contributed by atoms with Crippen molar-refractivity contribution in [2.45, 2.75) is 12.3 Å². The lowest BCUT2D eigenvalue weighted by atomic mass is 9.99. The van der Waals surface area contributed by atoms with Crippen LogP contribution in [0, 0.1) is 0 Å². The number of carbonyl (C=O) groups is 1. The van der Waals surface area contributed by atoms with E-state index in [0.717, 1.165) is 6.42 Å². The van der Waals surface area contributed by atoms with Crippen LogP contribution < -0.4 is 0 Å². The van der Waals surface area contributed by atoms with Gasteiger partial charge < -0.3 is 10.0 Å². The number of likely N-dealkylation sites (tertiary alicyclic amines) is 1. The van der Waals surface area contributed by atoms with E-state index in [9.17, 15) is 9.90 Å². The first-order chi connectivity index (χ1) is 10.1. The number of benzene rings is 2. The third-order valence-corrected chi connectivity index (χ3v) is 4.17. The lowest BCUT2D eigenvalue weighted by Crippen LogP contribution is -2.28. The summed E-state index contributed by atoms with van der Waals surface area (Å²) >= 11 is 5.91. The Morgan fingerprint density at radius 2 is 1.95 bits per heavy atom. The summed E-state index contributed by atoms with van der Waals surface area (Å²) < 4.78 is 0. The van der Waals surface area contributed by atoms with Crippen molar-refractivity contribution in [2.24, 2.45) is 0 Å². The molecule has 1 saturated heterocycles. The average molecular weight is 302 g/mol. The molecule has 0 aliphatic carbocycles. The van der Waals surface area contributed by atoms with E-state index in [1.807, 2.05) is 18.2 Å². The minimum atomic E-state index is -0.159. The Morgan fingerprint density at radius 1 is 1.19 bits per heavy atom. The summed E-state index contributed by atoms with van der Waals surface area (Å²) in [5.74, 6) is 0.178. The van der Waals surface area contributed by atoms with E-state index in [2.05, 4.69) is 12.1 Å². The van der Waals surface area contributed by atoms with E-state index in [1.54, 1.807) is 11.0 Å². The van der Waals surface area contributed by atoms with Gasteiger partial charge in [-0.05, 0) is 30.2 Å². The van der Waals surface area contributed by atoms with Crippen molar-refractivity contribution in [3.05, 3.63) is 64.7 Å².